The van der Waals surface area contributed by atoms with Crippen LogP contribution in [0.15, 0.2) is 194 Å². The van der Waals surface area contributed by atoms with E-state index in [1.807, 2.05) is 78.9 Å². The fraction of sp³-hybridized carbons (Fsp3) is 0. The summed E-state index contributed by atoms with van der Waals surface area (Å²) in [7, 11) is 0. The number of fused-ring (bicyclic) bond motifs is 4. The topological polar surface area (TPSA) is 62.5 Å². The zero-order chi connectivity index (χ0) is 38.6. The molecule has 0 saturated carbocycles. The van der Waals surface area contributed by atoms with Gasteiger partial charge in [-0.3, -0.25) is 0 Å². The van der Waals surface area contributed by atoms with Crippen LogP contribution in [0.2, 0.25) is 0 Å². The smallest absolute Gasteiger partial charge is 0.164 e. The number of hydrogen-bond donors (Lipinski definition) is 0. The van der Waals surface area contributed by atoms with E-state index in [0.717, 1.165) is 49.7 Å². The summed E-state index contributed by atoms with van der Waals surface area (Å²) in [6.07, 6.45) is 0. The van der Waals surface area contributed by atoms with Crippen LogP contribution in [0.3, 0.4) is 0 Å². The Morgan fingerprint density at radius 1 is 0.293 bits per heavy atom. The van der Waals surface area contributed by atoms with Crippen LogP contribution in [-0.4, -0.2) is 15.0 Å². The van der Waals surface area contributed by atoms with E-state index in [1.165, 1.54) is 44.2 Å². The van der Waals surface area contributed by atoms with E-state index in [-0.39, 0.29) is 0 Å². The van der Waals surface area contributed by atoms with Crippen molar-refractivity contribution in [2.75, 3.05) is 0 Å². The molecule has 0 saturated heterocycles. The predicted molar refractivity (Wildman–Crippen MR) is 237 cm³/mol. The second-order valence-electron chi connectivity index (χ2n) is 14.7. The zero-order valence-corrected chi connectivity index (χ0v) is 31.3. The number of rotatable bonds is 6. The molecular formula is C54H32N4. The highest BCUT2D eigenvalue weighted by Gasteiger charge is 2.25. The summed E-state index contributed by atoms with van der Waals surface area (Å²) in [6, 6.07) is 70.1. The van der Waals surface area contributed by atoms with Gasteiger partial charge >= 0.3 is 0 Å². The number of aromatic nitrogens is 3. The maximum atomic E-state index is 9.64. The molecule has 9 aromatic carbocycles. The van der Waals surface area contributed by atoms with Gasteiger partial charge in [0.05, 0.1) is 11.6 Å². The predicted octanol–water partition coefficient (Wildman–Crippen LogP) is 13.7. The van der Waals surface area contributed by atoms with Crippen molar-refractivity contribution in [3.05, 3.63) is 200 Å². The van der Waals surface area contributed by atoms with E-state index in [2.05, 4.69) is 121 Å². The molecule has 1 aliphatic rings. The van der Waals surface area contributed by atoms with Crippen molar-refractivity contribution in [1.29, 1.82) is 5.26 Å². The molecule has 0 aliphatic heterocycles. The molecule has 0 bridgehead atoms. The van der Waals surface area contributed by atoms with E-state index in [0.29, 0.717) is 23.0 Å². The number of benzene rings is 9. The van der Waals surface area contributed by atoms with Crippen molar-refractivity contribution >= 4 is 21.5 Å². The average molecular weight is 737 g/mol. The van der Waals surface area contributed by atoms with Gasteiger partial charge in [-0.1, -0.05) is 170 Å². The Bertz CT molecular complexity index is 3190. The minimum Gasteiger partial charge on any atom is -0.208 e. The Morgan fingerprint density at radius 3 is 1.41 bits per heavy atom. The third-order valence-corrected chi connectivity index (χ3v) is 11.3. The molecule has 0 fully saturated rings. The summed E-state index contributed by atoms with van der Waals surface area (Å²) in [5.74, 6) is 1.91. The Labute approximate surface area is 336 Å². The van der Waals surface area contributed by atoms with Gasteiger partial charge in [0.25, 0.3) is 0 Å². The molecule has 1 aromatic heterocycles. The third kappa shape index (κ3) is 5.65. The highest BCUT2D eigenvalue weighted by molar-refractivity contribution is 6.22. The van der Waals surface area contributed by atoms with Gasteiger partial charge < -0.3 is 0 Å². The summed E-state index contributed by atoms with van der Waals surface area (Å²) in [6.45, 7) is 0. The summed E-state index contributed by atoms with van der Waals surface area (Å²) in [5, 5.41) is 14.3. The number of hydrogen-bond acceptors (Lipinski definition) is 4. The lowest BCUT2D eigenvalue weighted by Crippen LogP contribution is -2.00. The summed E-state index contributed by atoms with van der Waals surface area (Å²) < 4.78 is 0. The first-order valence-corrected chi connectivity index (χ1v) is 19.4. The fourth-order valence-corrected chi connectivity index (χ4v) is 8.48. The fourth-order valence-electron chi connectivity index (χ4n) is 8.48. The van der Waals surface area contributed by atoms with Crippen LogP contribution in [0.1, 0.15) is 5.56 Å². The monoisotopic (exact) mass is 736 g/mol. The van der Waals surface area contributed by atoms with E-state index in [1.54, 1.807) is 0 Å². The number of nitriles is 1. The van der Waals surface area contributed by atoms with Crippen LogP contribution in [0.25, 0.3) is 111 Å². The lowest BCUT2D eigenvalue weighted by atomic mass is 9.87. The molecule has 1 aliphatic carbocycles. The second-order valence-corrected chi connectivity index (χ2v) is 14.7. The minimum atomic E-state index is 0.630. The van der Waals surface area contributed by atoms with Crippen molar-refractivity contribution in [3.63, 3.8) is 0 Å². The molecule has 11 rings (SSSR count). The van der Waals surface area contributed by atoms with E-state index < -0.39 is 0 Å². The first-order valence-electron chi connectivity index (χ1n) is 19.4. The molecule has 0 N–H and O–H groups in total. The summed E-state index contributed by atoms with van der Waals surface area (Å²) >= 11 is 0. The molecule has 4 heteroatoms. The van der Waals surface area contributed by atoms with Gasteiger partial charge in [0.15, 0.2) is 17.5 Å². The van der Waals surface area contributed by atoms with Gasteiger partial charge in [-0.25, -0.2) is 15.0 Å². The molecular weight excluding hydrogens is 705 g/mol. The van der Waals surface area contributed by atoms with Crippen molar-refractivity contribution in [2.24, 2.45) is 0 Å². The summed E-state index contributed by atoms with van der Waals surface area (Å²) in [5.41, 5.74) is 15.3. The van der Waals surface area contributed by atoms with Crippen LogP contribution in [0.4, 0.5) is 0 Å². The summed E-state index contributed by atoms with van der Waals surface area (Å²) in [4.78, 5) is 14.8. The van der Waals surface area contributed by atoms with Crippen molar-refractivity contribution < 1.29 is 0 Å². The molecule has 0 atom stereocenters. The lowest BCUT2D eigenvalue weighted by Gasteiger charge is -2.16. The Hall–Kier alpha value is -8.00. The largest absolute Gasteiger partial charge is 0.208 e. The highest BCUT2D eigenvalue weighted by atomic mass is 15.0. The molecule has 0 amide bonds. The lowest BCUT2D eigenvalue weighted by molar-refractivity contribution is 1.07. The maximum Gasteiger partial charge on any atom is 0.164 e. The van der Waals surface area contributed by atoms with E-state index in [9.17, 15) is 5.26 Å². The first kappa shape index (κ1) is 33.3. The molecule has 268 valence electrons. The molecule has 4 nitrogen and oxygen atoms in total. The minimum absolute atomic E-state index is 0.630. The SMILES string of the molecule is N#Cc1ccc2ccc(-c3ccc4c5c(ccc(-c6ccc(-c7cccc(-c8nc(-c9ccccc9)nc(-c9ccccc9)n8)c7)cc6)c35)-c3ccccc3-4)cc2c1. The molecule has 58 heavy (non-hydrogen) atoms. The van der Waals surface area contributed by atoms with Gasteiger partial charge in [0.2, 0.25) is 0 Å². The highest BCUT2D eigenvalue weighted by Crippen LogP contribution is 2.52. The Morgan fingerprint density at radius 2 is 0.776 bits per heavy atom. The quantitative estimate of drug-likeness (QED) is 0.170. The van der Waals surface area contributed by atoms with Gasteiger partial charge in [-0.15, -0.1) is 0 Å². The molecule has 10 aromatic rings. The maximum absolute atomic E-state index is 9.64. The number of nitrogens with zero attached hydrogens (tertiary/aromatic N) is 4. The second kappa shape index (κ2) is 13.6. The molecule has 1 heterocycles. The molecule has 0 radical (unpaired) electrons. The van der Waals surface area contributed by atoms with E-state index in [4.69, 9.17) is 15.0 Å². The standard InChI is InChI=1S/C54H32N4/c55-33-34-18-19-36-22-25-41(32-43(36)30-34)45-27-29-49-47-17-8-7-16-46(47)48-28-26-44(50(45)51(48)49)37-23-20-35(21-24-37)40-14-9-15-42(31-40)54-57-52(38-10-3-1-4-11-38)56-53(58-54)39-12-5-2-6-13-39/h1-32H. The van der Waals surface area contributed by atoms with Crippen molar-refractivity contribution in [1.82, 2.24) is 15.0 Å². The van der Waals surface area contributed by atoms with E-state index >= 15 is 0 Å². The van der Waals surface area contributed by atoms with Gasteiger partial charge in [0, 0.05) is 16.7 Å². The Kier molecular flexibility index (Phi) is 7.84. The van der Waals surface area contributed by atoms with Crippen LogP contribution in [-0.2, 0) is 0 Å². The molecule has 0 unspecified atom stereocenters. The van der Waals surface area contributed by atoms with Crippen molar-refractivity contribution in [2.45, 2.75) is 0 Å². The van der Waals surface area contributed by atoms with Gasteiger partial charge in [0.1, 0.15) is 0 Å². The van der Waals surface area contributed by atoms with Gasteiger partial charge in [-0.2, -0.15) is 5.26 Å². The molecule has 0 spiro atoms. The zero-order valence-electron chi connectivity index (χ0n) is 31.3. The van der Waals surface area contributed by atoms with Crippen LogP contribution >= 0.6 is 0 Å². The average Bonchev–Trinajstić information content (AvgIpc) is 3.63. The van der Waals surface area contributed by atoms with Crippen LogP contribution in [0, 0.1) is 11.3 Å². The van der Waals surface area contributed by atoms with Gasteiger partial charge in [-0.05, 0) is 101 Å². The Balaban J connectivity index is 1.02. The van der Waals surface area contributed by atoms with Crippen LogP contribution < -0.4 is 0 Å². The van der Waals surface area contributed by atoms with Crippen LogP contribution in [0.5, 0.6) is 0 Å². The third-order valence-electron chi connectivity index (χ3n) is 11.3. The normalized spacial score (nSPS) is 11.4. The van der Waals surface area contributed by atoms with Crippen molar-refractivity contribution in [3.8, 4) is 95.9 Å². The first-order chi connectivity index (χ1) is 28.7.